The minimum Gasteiger partial charge on any atom is -0.396 e. The van der Waals surface area contributed by atoms with Crippen molar-refractivity contribution < 1.29 is 22.2 Å². The van der Waals surface area contributed by atoms with E-state index in [9.17, 15) is 0 Å². The first-order valence-corrected chi connectivity index (χ1v) is 1.52. The molecule has 1 nitrogen and oxygen atoms in total. The van der Waals surface area contributed by atoms with Gasteiger partial charge in [0, 0.05) is 6.61 Å². The van der Waals surface area contributed by atoms with Crippen LogP contribution in [0.2, 0.25) is 0 Å². The van der Waals surface area contributed by atoms with E-state index in [1.54, 1.807) is 0 Å². The van der Waals surface area contributed by atoms with Gasteiger partial charge < -0.3 is 5.11 Å². The molecule has 0 aliphatic heterocycles. The number of aliphatic hydroxyl groups excluding tert-OH is 1. The molecule has 0 fully saturated rings. The second-order valence-corrected chi connectivity index (χ2v) is 0.724. The molecule has 5 heavy (non-hydrogen) atoms. The molecule has 0 rings (SSSR count). The molecule has 1 N–H and O–H groups in total. The fourth-order valence-electron chi connectivity index (χ4n) is 0. The van der Waals surface area contributed by atoms with Gasteiger partial charge in [-0.15, -0.1) is 0 Å². The van der Waals surface area contributed by atoms with E-state index in [0.717, 1.165) is 6.42 Å². The van der Waals surface area contributed by atoms with Crippen LogP contribution in [0, 0.1) is 0 Å². The fraction of sp³-hybridized carbons (Fsp3) is 1.00. The first-order chi connectivity index (χ1) is 1.91. The largest absolute Gasteiger partial charge is 2.00 e. The van der Waals surface area contributed by atoms with Crippen LogP contribution in [-0.4, -0.2) is 11.7 Å². The Bertz CT molecular complexity index is 8.85. The predicted octanol–water partition coefficient (Wildman–Crippen LogP) is 0.386. The summed E-state index contributed by atoms with van der Waals surface area (Å²) in [5, 5.41) is 7.88. The Balaban J connectivity index is 0. The molecule has 0 aliphatic carbocycles. The van der Waals surface area contributed by atoms with E-state index >= 15 is 0 Å². The maximum atomic E-state index is 7.88. The van der Waals surface area contributed by atoms with Crippen LogP contribution in [0.15, 0.2) is 0 Å². The molecule has 0 saturated carbocycles. The number of hydrogen-bond acceptors (Lipinski definition) is 1. The summed E-state index contributed by atoms with van der Waals surface area (Å²) in [4.78, 5) is 0. The van der Waals surface area contributed by atoms with Crippen molar-refractivity contribution in [2.24, 2.45) is 0 Å². The minimum atomic E-state index is 0. The molecule has 0 amide bonds. The number of aliphatic hydroxyl groups is 1. The molecular formula is C3H8CuO+2. The Kier molecular flexibility index (Phi) is 16.0. The van der Waals surface area contributed by atoms with Gasteiger partial charge in [-0.25, -0.2) is 0 Å². The number of hydrogen-bond donors (Lipinski definition) is 1. The smallest absolute Gasteiger partial charge is 0.396 e. The fourth-order valence-corrected chi connectivity index (χ4v) is 0. The Morgan fingerprint density at radius 2 is 1.80 bits per heavy atom. The normalized spacial score (nSPS) is 6.00. The third-order valence-corrected chi connectivity index (χ3v) is 0.224. The van der Waals surface area contributed by atoms with E-state index in [2.05, 4.69) is 0 Å². The summed E-state index contributed by atoms with van der Waals surface area (Å²) in [5.74, 6) is 0. The van der Waals surface area contributed by atoms with E-state index in [-0.39, 0.29) is 17.1 Å². The van der Waals surface area contributed by atoms with Crippen molar-refractivity contribution in [3.63, 3.8) is 0 Å². The molecule has 0 atom stereocenters. The Labute approximate surface area is 42.9 Å². The molecule has 2 heteroatoms. The van der Waals surface area contributed by atoms with Gasteiger partial charge in [0.1, 0.15) is 0 Å². The molecule has 1 radical (unpaired) electrons. The van der Waals surface area contributed by atoms with Crippen molar-refractivity contribution in [3.8, 4) is 0 Å². The van der Waals surface area contributed by atoms with Gasteiger partial charge in [0.05, 0.1) is 0 Å². The third kappa shape index (κ3) is 12.6. The van der Waals surface area contributed by atoms with Gasteiger partial charge >= 0.3 is 17.1 Å². The predicted molar refractivity (Wildman–Crippen MR) is 17.4 cm³/mol. The zero-order valence-corrected chi connectivity index (χ0v) is 4.10. The van der Waals surface area contributed by atoms with Gasteiger partial charge in [-0.3, -0.25) is 0 Å². The minimum absolute atomic E-state index is 0. The molecule has 0 aromatic rings. The average Bonchev–Trinajstić information content (AvgIpc) is 1.37. The maximum absolute atomic E-state index is 7.88. The molecular weight excluding hydrogens is 116 g/mol. The molecule has 0 bridgehead atoms. The molecule has 0 aromatic heterocycles. The van der Waals surface area contributed by atoms with Crippen LogP contribution in [0.25, 0.3) is 0 Å². The molecule has 0 unspecified atom stereocenters. The summed E-state index contributed by atoms with van der Waals surface area (Å²) in [6, 6.07) is 0. The first-order valence-electron chi connectivity index (χ1n) is 1.52. The van der Waals surface area contributed by atoms with Crippen LogP contribution in [0.5, 0.6) is 0 Å². The third-order valence-electron chi connectivity index (χ3n) is 0.224. The molecule has 0 aromatic carbocycles. The standard InChI is InChI=1S/C3H8O.Cu/c1-2-3-4;/h4H,2-3H2,1H3;/q;+2. The van der Waals surface area contributed by atoms with Crippen LogP contribution >= 0.6 is 0 Å². The van der Waals surface area contributed by atoms with Crippen molar-refractivity contribution in [3.05, 3.63) is 0 Å². The van der Waals surface area contributed by atoms with Gasteiger partial charge in [-0.2, -0.15) is 0 Å². The van der Waals surface area contributed by atoms with Crippen LogP contribution in [0.3, 0.4) is 0 Å². The van der Waals surface area contributed by atoms with Crippen molar-refractivity contribution in [2.75, 3.05) is 6.61 Å². The van der Waals surface area contributed by atoms with E-state index in [0.29, 0.717) is 6.61 Å². The van der Waals surface area contributed by atoms with Gasteiger partial charge in [-0.1, -0.05) is 6.92 Å². The second-order valence-electron chi connectivity index (χ2n) is 0.724. The van der Waals surface area contributed by atoms with Crippen molar-refractivity contribution in [2.45, 2.75) is 13.3 Å². The molecule has 0 spiro atoms. The number of rotatable bonds is 1. The quantitative estimate of drug-likeness (QED) is 0.500. The zero-order chi connectivity index (χ0) is 3.41. The van der Waals surface area contributed by atoms with E-state index in [1.807, 2.05) is 6.92 Å². The van der Waals surface area contributed by atoms with Crippen molar-refractivity contribution in [1.82, 2.24) is 0 Å². The van der Waals surface area contributed by atoms with E-state index < -0.39 is 0 Å². The van der Waals surface area contributed by atoms with Crippen molar-refractivity contribution in [1.29, 1.82) is 0 Å². The average molecular weight is 124 g/mol. The summed E-state index contributed by atoms with van der Waals surface area (Å²) >= 11 is 0. The van der Waals surface area contributed by atoms with E-state index in [4.69, 9.17) is 5.11 Å². The Hall–Kier alpha value is 0.479. The van der Waals surface area contributed by atoms with E-state index in [1.165, 1.54) is 0 Å². The summed E-state index contributed by atoms with van der Waals surface area (Å²) in [5.41, 5.74) is 0. The topological polar surface area (TPSA) is 20.2 Å². The van der Waals surface area contributed by atoms with Gasteiger partial charge in [-0.05, 0) is 6.42 Å². The molecule has 35 valence electrons. The van der Waals surface area contributed by atoms with Gasteiger partial charge in [0.15, 0.2) is 0 Å². The molecule has 0 aliphatic rings. The Morgan fingerprint density at radius 3 is 1.80 bits per heavy atom. The second kappa shape index (κ2) is 8.82. The summed E-state index contributed by atoms with van der Waals surface area (Å²) < 4.78 is 0. The zero-order valence-electron chi connectivity index (χ0n) is 3.16. The van der Waals surface area contributed by atoms with Crippen LogP contribution in [-0.2, 0) is 17.1 Å². The van der Waals surface area contributed by atoms with Gasteiger partial charge in [0.25, 0.3) is 0 Å². The van der Waals surface area contributed by atoms with Gasteiger partial charge in [0.2, 0.25) is 0 Å². The maximum Gasteiger partial charge on any atom is 2.00 e. The first kappa shape index (κ1) is 9.08. The Morgan fingerprint density at radius 1 is 1.60 bits per heavy atom. The van der Waals surface area contributed by atoms with Crippen LogP contribution < -0.4 is 0 Å². The molecule has 0 saturated heterocycles. The SMILES string of the molecule is CCCO.[Cu+2]. The summed E-state index contributed by atoms with van der Waals surface area (Å²) in [6.07, 6.45) is 0.875. The van der Waals surface area contributed by atoms with Crippen LogP contribution in [0.1, 0.15) is 13.3 Å². The molecule has 0 heterocycles. The summed E-state index contributed by atoms with van der Waals surface area (Å²) in [6.45, 7) is 2.25. The monoisotopic (exact) mass is 123 g/mol. The van der Waals surface area contributed by atoms with Crippen molar-refractivity contribution >= 4 is 0 Å². The van der Waals surface area contributed by atoms with Crippen LogP contribution in [0.4, 0.5) is 0 Å². The summed E-state index contributed by atoms with van der Waals surface area (Å²) in [7, 11) is 0.